The van der Waals surface area contributed by atoms with Gasteiger partial charge in [-0.25, -0.2) is 0 Å². The highest BCUT2D eigenvalue weighted by atomic mass is 16.4. The lowest BCUT2D eigenvalue weighted by Crippen LogP contribution is -2.34. The maximum absolute atomic E-state index is 11.3. The standard InChI is InChI=1S/C13H20O2/c1-4-9(2)13-6-5-10(7-13)12(3,8-13)11(14)15/h5-6,9-10H,4,7-8H2,1-3H3,(H,14,15). The molecule has 4 unspecified atom stereocenters. The quantitative estimate of drug-likeness (QED) is 0.724. The molecule has 2 rings (SSSR count). The van der Waals surface area contributed by atoms with Crippen LogP contribution in [0.1, 0.15) is 40.0 Å². The first-order valence-corrected chi connectivity index (χ1v) is 5.87. The Labute approximate surface area is 91.4 Å². The van der Waals surface area contributed by atoms with Crippen molar-refractivity contribution >= 4 is 5.97 Å². The summed E-state index contributed by atoms with van der Waals surface area (Å²) in [4.78, 5) is 11.3. The molecule has 1 fully saturated rings. The van der Waals surface area contributed by atoms with E-state index in [-0.39, 0.29) is 11.3 Å². The van der Waals surface area contributed by atoms with Gasteiger partial charge in [-0.15, -0.1) is 0 Å². The number of rotatable bonds is 3. The van der Waals surface area contributed by atoms with Crippen molar-refractivity contribution in [2.75, 3.05) is 0 Å². The van der Waals surface area contributed by atoms with Gasteiger partial charge in [-0.1, -0.05) is 32.4 Å². The van der Waals surface area contributed by atoms with Crippen LogP contribution >= 0.6 is 0 Å². The molecule has 0 aromatic rings. The van der Waals surface area contributed by atoms with Gasteiger partial charge in [0.2, 0.25) is 0 Å². The lowest BCUT2D eigenvalue weighted by molar-refractivity contribution is -0.149. The van der Waals surface area contributed by atoms with Crippen molar-refractivity contribution in [1.82, 2.24) is 0 Å². The molecule has 2 bridgehead atoms. The minimum absolute atomic E-state index is 0.173. The Morgan fingerprint density at radius 3 is 2.80 bits per heavy atom. The molecular formula is C13H20O2. The van der Waals surface area contributed by atoms with E-state index in [9.17, 15) is 9.90 Å². The molecule has 2 nitrogen and oxygen atoms in total. The summed E-state index contributed by atoms with van der Waals surface area (Å²) in [5.41, 5.74) is -0.343. The summed E-state index contributed by atoms with van der Waals surface area (Å²) < 4.78 is 0. The smallest absolute Gasteiger partial charge is 0.309 e. The van der Waals surface area contributed by atoms with E-state index in [1.54, 1.807) is 0 Å². The highest BCUT2D eigenvalue weighted by Crippen LogP contribution is 2.62. The highest BCUT2D eigenvalue weighted by molar-refractivity contribution is 5.76. The van der Waals surface area contributed by atoms with Crippen LogP contribution in [0.15, 0.2) is 12.2 Å². The number of fused-ring (bicyclic) bond motifs is 2. The average Bonchev–Trinajstić information content (AvgIpc) is 2.73. The normalized spacial score (nSPS) is 44.6. The first-order chi connectivity index (χ1) is 6.94. The predicted molar refractivity (Wildman–Crippen MR) is 59.5 cm³/mol. The van der Waals surface area contributed by atoms with Crippen LogP contribution in [0.2, 0.25) is 0 Å². The second kappa shape index (κ2) is 3.10. The number of allylic oxidation sites excluding steroid dienone is 2. The van der Waals surface area contributed by atoms with Crippen molar-refractivity contribution < 1.29 is 9.90 Å². The fourth-order valence-electron chi connectivity index (χ4n) is 3.42. The van der Waals surface area contributed by atoms with Crippen LogP contribution in [0.3, 0.4) is 0 Å². The van der Waals surface area contributed by atoms with Gasteiger partial charge >= 0.3 is 5.97 Å². The average molecular weight is 208 g/mol. The molecule has 0 saturated heterocycles. The van der Waals surface area contributed by atoms with Crippen LogP contribution in [0, 0.1) is 22.7 Å². The summed E-state index contributed by atoms with van der Waals surface area (Å²) in [6.45, 7) is 6.35. The summed E-state index contributed by atoms with van der Waals surface area (Å²) in [6, 6.07) is 0. The first kappa shape index (κ1) is 10.7. The number of carboxylic acids is 1. The molecule has 2 heteroatoms. The summed E-state index contributed by atoms with van der Waals surface area (Å²) in [5.74, 6) is 0.228. The second-order valence-electron chi connectivity index (χ2n) is 5.61. The van der Waals surface area contributed by atoms with E-state index < -0.39 is 11.4 Å². The summed E-state index contributed by atoms with van der Waals surface area (Å²) in [5, 5.41) is 9.33. The zero-order chi connectivity index (χ0) is 11.3. The Morgan fingerprint density at radius 1 is 1.67 bits per heavy atom. The third-order valence-electron chi connectivity index (χ3n) is 4.86. The Hall–Kier alpha value is -0.790. The van der Waals surface area contributed by atoms with Gasteiger partial charge in [-0.2, -0.15) is 0 Å². The number of aliphatic carboxylic acids is 1. The number of hydrogen-bond donors (Lipinski definition) is 1. The molecule has 0 heterocycles. The van der Waals surface area contributed by atoms with Gasteiger partial charge in [-0.3, -0.25) is 4.79 Å². The van der Waals surface area contributed by atoms with Crippen LogP contribution in [-0.2, 0) is 4.79 Å². The van der Waals surface area contributed by atoms with Crippen LogP contribution in [0.5, 0.6) is 0 Å². The Bertz CT molecular complexity index is 320. The fraction of sp³-hybridized carbons (Fsp3) is 0.769. The molecule has 0 aromatic carbocycles. The van der Waals surface area contributed by atoms with Gasteiger partial charge in [0.05, 0.1) is 5.41 Å². The number of carbonyl (C=O) groups is 1. The Morgan fingerprint density at radius 2 is 2.33 bits per heavy atom. The molecule has 0 spiro atoms. The molecule has 1 saturated carbocycles. The fourth-order valence-corrected chi connectivity index (χ4v) is 3.42. The van der Waals surface area contributed by atoms with E-state index in [2.05, 4.69) is 26.0 Å². The van der Waals surface area contributed by atoms with Gasteiger partial charge < -0.3 is 5.11 Å². The van der Waals surface area contributed by atoms with Crippen LogP contribution in [0.4, 0.5) is 0 Å². The van der Waals surface area contributed by atoms with E-state index >= 15 is 0 Å². The molecule has 0 aliphatic heterocycles. The first-order valence-electron chi connectivity index (χ1n) is 5.87. The lowest BCUT2D eigenvalue weighted by atomic mass is 9.69. The van der Waals surface area contributed by atoms with Crippen molar-refractivity contribution in [2.45, 2.75) is 40.0 Å². The second-order valence-corrected chi connectivity index (χ2v) is 5.61. The molecule has 0 aromatic heterocycles. The van der Waals surface area contributed by atoms with Gasteiger partial charge in [0.25, 0.3) is 0 Å². The largest absolute Gasteiger partial charge is 0.481 e. The van der Waals surface area contributed by atoms with Gasteiger partial charge in [-0.05, 0) is 37.0 Å². The Balaban J connectivity index is 2.30. The topological polar surface area (TPSA) is 37.3 Å². The van der Waals surface area contributed by atoms with Crippen LogP contribution in [0.25, 0.3) is 0 Å². The lowest BCUT2D eigenvalue weighted by Gasteiger charge is -2.34. The van der Waals surface area contributed by atoms with E-state index in [0.29, 0.717) is 5.92 Å². The molecule has 0 amide bonds. The van der Waals surface area contributed by atoms with Gasteiger partial charge in [0.15, 0.2) is 0 Å². The highest BCUT2D eigenvalue weighted by Gasteiger charge is 2.58. The molecule has 4 atom stereocenters. The summed E-state index contributed by atoms with van der Waals surface area (Å²) in [6.07, 6.45) is 7.43. The van der Waals surface area contributed by atoms with Gasteiger partial charge in [0, 0.05) is 0 Å². The van der Waals surface area contributed by atoms with E-state index in [4.69, 9.17) is 0 Å². The molecule has 15 heavy (non-hydrogen) atoms. The molecule has 84 valence electrons. The van der Waals surface area contributed by atoms with Crippen molar-refractivity contribution in [1.29, 1.82) is 0 Å². The van der Waals surface area contributed by atoms with Crippen LogP contribution in [-0.4, -0.2) is 11.1 Å². The molecule has 0 radical (unpaired) electrons. The SMILES string of the molecule is CCC(C)C12C=CC(C1)C(C)(C(=O)O)C2. The molecule has 1 N–H and O–H groups in total. The minimum Gasteiger partial charge on any atom is -0.481 e. The minimum atomic E-state index is -0.623. The van der Waals surface area contributed by atoms with Crippen molar-refractivity contribution in [3.8, 4) is 0 Å². The van der Waals surface area contributed by atoms with E-state index in [0.717, 1.165) is 19.3 Å². The third kappa shape index (κ3) is 1.27. The van der Waals surface area contributed by atoms with Crippen molar-refractivity contribution in [2.24, 2.45) is 22.7 Å². The summed E-state index contributed by atoms with van der Waals surface area (Å²) >= 11 is 0. The predicted octanol–water partition coefficient (Wildman–Crippen LogP) is 3.09. The summed E-state index contributed by atoms with van der Waals surface area (Å²) in [7, 11) is 0. The Kier molecular flexibility index (Phi) is 2.21. The van der Waals surface area contributed by atoms with Crippen molar-refractivity contribution in [3.63, 3.8) is 0 Å². The van der Waals surface area contributed by atoms with E-state index in [1.807, 2.05) is 6.92 Å². The van der Waals surface area contributed by atoms with E-state index in [1.165, 1.54) is 0 Å². The van der Waals surface area contributed by atoms with Crippen molar-refractivity contribution in [3.05, 3.63) is 12.2 Å². The number of carboxylic acid groups (broad SMARTS) is 1. The zero-order valence-electron chi connectivity index (χ0n) is 9.79. The number of hydrogen-bond acceptors (Lipinski definition) is 1. The molecule has 2 aliphatic carbocycles. The molecule has 2 aliphatic rings. The molecular weight excluding hydrogens is 188 g/mol. The third-order valence-corrected chi connectivity index (χ3v) is 4.86. The van der Waals surface area contributed by atoms with Gasteiger partial charge in [0.1, 0.15) is 0 Å². The monoisotopic (exact) mass is 208 g/mol. The zero-order valence-corrected chi connectivity index (χ0v) is 9.79. The maximum Gasteiger partial charge on any atom is 0.309 e. The van der Waals surface area contributed by atoms with Crippen LogP contribution < -0.4 is 0 Å². The maximum atomic E-state index is 11.3.